The van der Waals surface area contributed by atoms with Crippen LogP contribution < -0.4 is 10.2 Å². The molecule has 1 unspecified atom stereocenters. The molecule has 2 amide bonds. The van der Waals surface area contributed by atoms with Crippen molar-refractivity contribution in [2.45, 2.75) is 51.9 Å². The fourth-order valence-corrected chi connectivity index (χ4v) is 4.00. The van der Waals surface area contributed by atoms with E-state index >= 15 is 0 Å². The van der Waals surface area contributed by atoms with Crippen LogP contribution in [0.3, 0.4) is 0 Å². The van der Waals surface area contributed by atoms with Crippen molar-refractivity contribution in [3.63, 3.8) is 0 Å². The highest BCUT2D eigenvalue weighted by molar-refractivity contribution is 6.00. The third-order valence-electron chi connectivity index (χ3n) is 5.80. The van der Waals surface area contributed by atoms with E-state index in [0.29, 0.717) is 13.1 Å². The molecule has 2 aliphatic rings. The second-order valence-electron chi connectivity index (χ2n) is 7.60. The highest BCUT2D eigenvalue weighted by Gasteiger charge is 2.37. The molecule has 0 radical (unpaired) electrons. The van der Waals surface area contributed by atoms with E-state index in [-0.39, 0.29) is 24.2 Å². The summed E-state index contributed by atoms with van der Waals surface area (Å²) in [7, 11) is 0. The van der Waals surface area contributed by atoms with Gasteiger partial charge in [0.15, 0.2) is 0 Å². The fourth-order valence-electron chi connectivity index (χ4n) is 4.00. The van der Waals surface area contributed by atoms with Gasteiger partial charge in [0.2, 0.25) is 11.8 Å². The van der Waals surface area contributed by atoms with Crippen LogP contribution in [0.2, 0.25) is 0 Å². The molecule has 0 spiro atoms. The van der Waals surface area contributed by atoms with E-state index in [0.717, 1.165) is 37.8 Å². The minimum atomic E-state index is -0.424. The van der Waals surface area contributed by atoms with Gasteiger partial charge in [-0.25, -0.2) is 0 Å². The van der Waals surface area contributed by atoms with Gasteiger partial charge >= 0.3 is 0 Å². The molecule has 0 bridgehead atoms. The lowest BCUT2D eigenvalue weighted by molar-refractivity contribution is -0.126. The van der Waals surface area contributed by atoms with Crippen LogP contribution in [0.4, 0.5) is 5.69 Å². The van der Waals surface area contributed by atoms with Crippen molar-refractivity contribution in [1.29, 1.82) is 5.26 Å². The Balaban J connectivity index is 1.59. The highest BCUT2D eigenvalue weighted by atomic mass is 16.2. The van der Waals surface area contributed by atoms with Crippen molar-refractivity contribution >= 4 is 17.5 Å². The van der Waals surface area contributed by atoms with Crippen LogP contribution in [0.15, 0.2) is 24.3 Å². The van der Waals surface area contributed by atoms with E-state index in [1.54, 1.807) is 4.90 Å². The Morgan fingerprint density at radius 3 is 2.58 bits per heavy atom. The minimum absolute atomic E-state index is 0.0120. The third-order valence-corrected chi connectivity index (χ3v) is 5.80. The molecular formula is C21H27N3O2. The van der Waals surface area contributed by atoms with Crippen molar-refractivity contribution in [1.82, 2.24) is 5.32 Å². The molecule has 1 saturated carbocycles. The zero-order valence-electron chi connectivity index (χ0n) is 15.5. The van der Waals surface area contributed by atoms with Crippen molar-refractivity contribution in [3.05, 3.63) is 29.8 Å². The number of rotatable bonds is 5. The summed E-state index contributed by atoms with van der Waals surface area (Å²) in [5, 5.41) is 12.5. The molecular weight excluding hydrogens is 326 g/mol. The number of aryl methyl sites for hydroxylation is 1. The van der Waals surface area contributed by atoms with Crippen molar-refractivity contribution < 1.29 is 9.59 Å². The molecule has 2 fully saturated rings. The standard InChI is InChI=1S/C21H27N3O2/c1-2-16-6-8-18(9-7-16)24-13-17(12-19(24)25)20(26)23-15-21(14-22)10-4-3-5-11-21/h6-9,17H,2-5,10-13,15H2,1H3,(H,23,26). The van der Waals surface area contributed by atoms with E-state index in [9.17, 15) is 14.9 Å². The zero-order chi connectivity index (χ0) is 18.6. The number of amides is 2. The second kappa shape index (κ2) is 7.90. The molecule has 1 aliphatic heterocycles. The number of hydrogen-bond acceptors (Lipinski definition) is 3. The van der Waals surface area contributed by atoms with Gasteiger partial charge in [-0.2, -0.15) is 5.26 Å². The first kappa shape index (κ1) is 18.4. The predicted octanol–water partition coefficient (Wildman–Crippen LogP) is 3.19. The van der Waals surface area contributed by atoms with Crippen molar-refractivity contribution in [2.75, 3.05) is 18.0 Å². The molecule has 1 aromatic rings. The lowest BCUT2D eigenvalue weighted by Crippen LogP contribution is -2.41. The van der Waals surface area contributed by atoms with E-state index < -0.39 is 5.41 Å². The number of hydrogen-bond donors (Lipinski definition) is 1. The smallest absolute Gasteiger partial charge is 0.227 e. The molecule has 0 aromatic heterocycles. The molecule has 1 saturated heterocycles. The molecule has 1 N–H and O–H groups in total. The topological polar surface area (TPSA) is 73.2 Å². The lowest BCUT2D eigenvalue weighted by atomic mass is 9.75. The molecule has 26 heavy (non-hydrogen) atoms. The van der Waals surface area contributed by atoms with Crippen LogP contribution in [0.5, 0.6) is 0 Å². The van der Waals surface area contributed by atoms with E-state index in [1.165, 1.54) is 12.0 Å². The SMILES string of the molecule is CCc1ccc(N2CC(C(=O)NCC3(C#N)CCCCC3)CC2=O)cc1. The Bertz CT molecular complexity index is 699. The summed E-state index contributed by atoms with van der Waals surface area (Å²) in [5.41, 5.74) is 1.65. The monoisotopic (exact) mass is 353 g/mol. The fraction of sp³-hybridized carbons (Fsp3) is 0.571. The minimum Gasteiger partial charge on any atom is -0.354 e. The molecule has 1 aromatic carbocycles. The maximum Gasteiger partial charge on any atom is 0.227 e. The van der Waals surface area contributed by atoms with Crippen molar-refractivity contribution in [3.8, 4) is 6.07 Å². The number of nitriles is 1. The van der Waals surface area contributed by atoms with Crippen LogP contribution in [0.1, 0.15) is 51.0 Å². The average molecular weight is 353 g/mol. The zero-order valence-corrected chi connectivity index (χ0v) is 15.5. The van der Waals surface area contributed by atoms with Crippen LogP contribution in [-0.4, -0.2) is 24.9 Å². The van der Waals surface area contributed by atoms with Gasteiger partial charge in [0.05, 0.1) is 17.4 Å². The number of anilines is 1. The molecule has 1 heterocycles. The van der Waals surface area contributed by atoms with Crippen LogP contribution in [-0.2, 0) is 16.0 Å². The number of nitrogens with one attached hydrogen (secondary N) is 1. The summed E-state index contributed by atoms with van der Waals surface area (Å²) >= 11 is 0. The number of nitrogens with zero attached hydrogens (tertiary/aromatic N) is 2. The Morgan fingerprint density at radius 1 is 1.27 bits per heavy atom. The summed E-state index contributed by atoms with van der Waals surface area (Å²) in [6.07, 6.45) is 6.16. The predicted molar refractivity (Wildman–Crippen MR) is 100 cm³/mol. The molecule has 5 nitrogen and oxygen atoms in total. The van der Waals surface area contributed by atoms with Gasteiger partial charge in [-0.15, -0.1) is 0 Å². The lowest BCUT2D eigenvalue weighted by Gasteiger charge is -2.31. The largest absolute Gasteiger partial charge is 0.354 e. The first-order chi connectivity index (χ1) is 12.6. The molecule has 138 valence electrons. The van der Waals surface area contributed by atoms with Crippen LogP contribution in [0.25, 0.3) is 0 Å². The quantitative estimate of drug-likeness (QED) is 0.883. The summed E-state index contributed by atoms with van der Waals surface area (Å²) in [6.45, 7) is 2.91. The Hall–Kier alpha value is -2.35. The molecule has 1 aliphatic carbocycles. The number of benzene rings is 1. The van der Waals surface area contributed by atoms with Gasteiger partial charge < -0.3 is 10.2 Å². The Labute approximate surface area is 155 Å². The van der Waals surface area contributed by atoms with E-state index in [4.69, 9.17) is 0 Å². The third kappa shape index (κ3) is 3.90. The van der Waals surface area contributed by atoms with Crippen LogP contribution in [0, 0.1) is 22.7 Å². The number of carbonyl (C=O) groups excluding carboxylic acids is 2. The number of carbonyl (C=O) groups is 2. The maximum absolute atomic E-state index is 12.6. The first-order valence-corrected chi connectivity index (χ1v) is 9.65. The average Bonchev–Trinajstić information content (AvgIpc) is 3.08. The van der Waals surface area contributed by atoms with Gasteiger partial charge in [0.25, 0.3) is 0 Å². The second-order valence-corrected chi connectivity index (χ2v) is 7.60. The molecule has 5 heteroatoms. The van der Waals surface area contributed by atoms with E-state index in [1.807, 2.05) is 24.3 Å². The molecule has 1 atom stereocenters. The summed E-state index contributed by atoms with van der Waals surface area (Å²) < 4.78 is 0. The summed E-state index contributed by atoms with van der Waals surface area (Å²) in [5.74, 6) is -0.457. The maximum atomic E-state index is 12.6. The summed E-state index contributed by atoms with van der Waals surface area (Å²) in [4.78, 5) is 26.6. The van der Waals surface area contributed by atoms with Crippen LogP contribution >= 0.6 is 0 Å². The first-order valence-electron chi connectivity index (χ1n) is 9.65. The van der Waals surface area contributed by atoms with Gasteiger partial charge in [0.1, 0.15) is 0 Å². The van der Waals surface area contributed by atoms with E-state index in [2.05, 4.69) is 18.3 Å². The molecule has 3 rings (SSSR count). The van der Waals surface area contributed by atoms with Crippen molar-refractivity contribution in [2.24, 2.45) is 11.3 Å². The normalized spacial score (nSPS) is 22.1. The highest BCUT2D eigenvalue weighted by Crippen LogP contribution is 2.35. The Kier molecular flexibility index (Phi) is 5.61. The Morgan fingerprint density at radius 2 is 1.96 bits per heavy atom. The van der Waals surface area contributed by atoms with Gasteiger partial charge in [-0.1, -0.05) is 38.3 Å². The summed E-state index contributed by atoms with van der Waals surface area (Å²) in [6, 6.07) is 10.4. The van der Waals surface area contributed by atoms with Gasteiger partial charge in [-0.05, 0) is 37.0 Å². The van der Waals surface area contributed by atoms with Gasteiger partial charge in [0, 0.05) is 25.2 Å². The van der Waals surface area contributed by atoms with Gasteiger partial charge in [-0.3, -0.25) is 9.59 Å².